The molecule has 6 N–H and O–H groups in total. The molecule has 2 aliphatic heterocycles. The number of carboxylic acids is 1. The minimum atomic E-state index is -1.52. The van der Waals surface area contributed by atoms with E-state index in [0.717, 1.165) is 32.4 Å². The summed E-state index contributed by atoms with van der Waals surface area (Å²) in [6.07, 6.45) is 3.25. The van der Waals surface area contributed by atoms with Crippen LogP contribution in [0.3, 0.4) is 0 Å². The number of thiazole rings is 1. The van der Waals surface area contributed by atoms with Gasteiger partial charge in [-0.1, -0.05) is 30.0 Å². The van der Waals surface area contributed by atoms with E-state index in [0.29, 0.717) is 8.69 Å². The van der Waals surface area contributed by atoms with Crippen LogP contribution in [0.5, 0.6) is 0 Å². The van der Waals surface area contributed by atoms with E-state index in [1.807, 2.05) is 6.92 Å². The number of hydrogen-bond acceptors (Lipinski definition) is 13. The predicted octanol–water partition coefficient (Wildman–Crippen LogP) is 2.89. The Bertz CT molecular complexity index is 1290. The number of anilines is 1. The van der Waals surface area contributed by atoms with E-state index in [1.54, 1.807) is 18.5 Å². The van der Waals surface area contributed by atoms with E-state index in [2.05, 4.69) is 36.4 Å². The second kappa shape index (κ2) is 11.7. The maximum absolute atomic E-state index is 13.0. The van der Waals surface area contributed by atoms with Crippen molar-refractivity contribution in [3.05, 3.63) is 49.0 Å². The summed E-state index contributed by atoms with van der Waals surface area (Å²) in [6.45, 7) is 1.99. The molecule has 4 rings (SSSR count). The maximum atomic E-state index is 13.0. The van der Waals surface area contributed by atoms with Gasteiger partial charge in [0.1, 0.15) is 22.8 Å². The number of carbonyl (C=O) groups is 3. The number of aliphatic carboxylic acids is 1. The number of nitrogens with one attached hydrogen (secondary N) is 1. The number of nitrogen functional groups attached to an aromatic ring is 1. The van der Waals surface area contributed by atoms with Gasteiger partial charge in [-0.3, -0.25) is 19.5 Å². The molecule has 0 saturated carbocycles. The molecule has 12 nitrogen and oxygen atoms in total. The molecule has 0 spiro atoms. The van der Waals surface area contributed by atoms with E-state index < -0.39 is 35.2 Å². The Morgan fingerprint density at radius 3 is 2.84 bits per heavy atom. The topological polar surface area (TPSA) is 194 Å². The predicted molar refractivity (Wildman–Crippen MR) is 148 cm³/mol. The number of nitroso groups, excluding NO2 is 1. The fourth-order valence-corrected chi connectivity index (χ4v) is 8.53. The van der Waals surface area contributed by atoms with E-state index >= 15 is 0 Å². The first-order chi connectivity index (χ1) is 17.7. The third-order valence-corrected chi connectivity index (χ3v) is 10.5. The molecule has 37 heavy (non-hydrogen) atoms. The van der Waals surface area contributed by atoms with E-state index in [1.165, 1.54) is 35.3 Å². The Labute approximate surface area is 235 Å². The van der Waals surface area contributed by atoms with Gasteiger partial charge in [0, 0.05) is 33.5 Å². The van der Waals surface area contributed by atoms with Crippen LogP contribution in [-0.2, 0) is 14.4 Å². The van der Waals surface area contributed by atoms with Gasteiger partial charge in [0.25, 0.3) is 11.8 Å². The van der Waals surface area contributed by atoms with Crippen LogP contribution in [-0.4, -0.2) is 60.7 Å². The number of thioether (sulfide) groups is 3. The Balaban J connectivity index is 1.55. The number of nitrogens with zero attached hydrogens (tertiary/aromatic N) is 4. The molecular formula is C20H20BrN7O5S4. The van der Waals surface area contributed by atoms with Gasteiger partial charge in [-0.15, -0.1) is 28.4 Å². The smallest absolute Gasteiger partial charge is 0.353 e. The fourth-order valence-electron chi connectivity index (χ4n) is 3.72. The van der Waals surface area contributed by atoms with E-state index in [4.69, 9.17) is 11.5 Å². The SMILES string of the molecule is CCSC(N)c1cnccc1SC1=C(C(=O)O)N2C(=O)[C@@H](NC(=O)C(N=O)c3nc(N)sc3Br)[C@@H]2SC1. The fraction of sp³-hybridized carbons (Fsp3) is 0.350. The van der Waals surface area contributed by atoms with Crippen molar-refractivity contribution in [3.8, 4) is 0 Å². The number of carbonyl (C=O) groups excluding carboxylic acids is 2. The summed E-state index contributed by atoms with van der Waals surface area (Å²) < 4.78 is 0.378. The summed E-state index contributed by atoms with van der Waals surface area (Å²) in [6, 6.07) is -0.784. The lowest BCUT2D eigenvalue weighted by Crippen LogP contribution is -2.70. The summed E-state index contributed by atoms with van der Waals surface area (Å²) in [5, 5.41) is 14.5. The molecule has 0 radical (unpaired) electrons. The zero-order valence-corrected chi connectivity index (χ0v) is 23.8. The lowest BCUT2D eigenvalue weighted by Gasteiger charge is -2.49. The quantitative estimate of drug-likeness (QED) is 0.168. The monoisotopic (exact) mass is 645 g/mol. The maximum Gasteiger partial charge on any atom is 0.353 e. The molecule has 2 unspecified atom stereocenters. The van der Waals surface area contributed by atoms with Crippen LogP contribution >= 0.6 is 62.6 Å². The minimum absolute atomic E-state index is 0.0485. The molecule has 2 aromatic rings. The van der Waals surface area contributed by atoms with Crippen LogP contribution in [0.2, 0.25) is 0 Å². The highest BCUT2D eigenvalue weighted by Crippen LogP contribution is 2.46. The number of hydrogen-bond donors (Lipinski definition) is 4. The van der Waals surface area contributed by atoms with Crippen molar-refractivity contribution in [1.29, 1.82) is 0 Å². The number of aromatic nitrogens is 2. The first-order valence-corrected chi connectivity index (χ1v) is 15.1. The summed E-state index contributed by atoms with van der Waals surface area (Å²) in [7, 11) is 0. The third kappa shape index (κ3) is 5.51. The van der Waals surface area contributed by atoms with Crippen molar-refractivity contribution >= 4 is 85.5 Å². The molecule has 196 valence electrons. The van der Waals surface area contributed by atoms with Gasteiger partial charge in [0.05, 0.1) is 9.16 Å². The molecule has 1 fully saturated rings. The number of pyridine rings is 1. The van der Waals surface area contributed by atoms with Crippen molar-refractivity contribution < 1.29 is 19.5 Å². The van der Waals surface area contributed by atoms with Gasteiger partial charge in [-0.05, 0) is 32.9 Å². The second-order valence-corrected chi connectivity index (χ2v) is 13.6. The minimum Gasteiger partial charge on any atom is -0.477 e. The molecule has 0 aliphatic carbocycles. The average molecular weight is 647 g/mol. The van der Waals surface area contributed by atoms with Crippen LogP contribution in [0.15, 0.2) is 42.9 Å². The molecule has 0 aromatic carbocycles. The molecule has 4 heterocycles. The summed E-state index contributed by atoms with van der Waals surface area (Å²) in [4.78, 5) is 60.0. The molecule has 2 amide bonds. The highest BCUT2D eigenvalue weighted by Gasteiger charge is 2.55. The van der Waals surface area contributed by atoms with Crippen molar-refractivity contribution in [2.75, 3.05) is 17.2 Å². The number of nitrogens with two attached hydrogens (primary N) is 2. The molecular weight excluding hydrogens is 626 g/mol. The van der Waals surface area contributed by atoms with Crippen molar-refractivity contribution in [2.24, 2.45) is 10.9 Å². The van der Waals surface area contributed by atoms with Crippen LogP contribution in [0.25, 0.3) is 0 Å². The number of β-lactam (4-membered cyclic amide) rings is 1. The highest BCUT2D eigenvalue weighted by molar-refractivity contribution is 9.11. The first kappa shape index (κ1) is 27.8. The molecule has 4 atom stereocenters. The van der Waals surface area contributed by atoms with Gasteiger partial charge < -0.3 is 21.9 Å². The zero-order valence-electron chi connectivity index (χ0n) is 19.0. The Kier molecular flexibility index (Phi) is 8.80. The highest BCUT2D eigenvalue weighted by atomic mass is 79.9. The molecule has 2 aromatic heterocycles. The number of amides is 2. The van der Waals surface area contributed by atoms with Gasteiger partial charge in [-0.25, -0.2) is 9.78 Å². The van der Waals surface area contributed by atoms with Crippen LogP contribution in [0, 0.1) is 4.91 Å². The number of fused-ring (bicyclic) bond motifs is 1. The van der Waals surface area contributed by atoms with Crippen LogP contribution < -0.4 is 16.8 Å². The Morgan fingerprint density at radius 1 is 1.46 bits per heavy atom. The average Bonchev–Trinajstić information content (AvgIpc) is 3.20. The molecule has 2 aliphatic rings. The molecule has 1 saturated heterocycles. The number of halogens is 1. The standard InChI is InChI=1S/C20H20BrN7O5S4/c1-2-34-15(22)7-5-24-4-3-8(7)36-9-6-35-18-12(17(30)28(18)13(9)19(31)32)25-16(29)11(27-33)10-14(21)37-20(23)26-10/h3-5,11-12,15,18H,2,6,22H2,1H3,(H2,23,26)(H,25,29)(H,31,32)/t11?,12-,15?,18+/m1/s1. The summed E-state index contributed by atoms with van der Waals surface area (Å²) >= 11 is 8.31. The molecule has 0 bridgehead atoms. The lowest BCUT2D eigenvalue weighted by atomic mass is 10.0. The largest absolute Gasteiger partial charge is 0.477 e. The summed E-state index contributed by atoms with van der Waals surface area (Å²) in [5.74, 6) is -1.61. The van der Waals surface area contributed by atoms with Crippen LogP contribution in [0.4, 0.5) is 5.13 Å². The van der Waals surface area contributed by atoms with Crippen molar-refractivity contribution in [1.82, 2.24) is 20.2 Å². The van der Waals surface area contributed by atoms with Crippen LogP contribution in [0.1, 0.15) is 29.6 Å². The van der Waals surface area contributed by atoms with E-state index in [9.17, 15) is 24.4 Å². The van der Waals surface area contributed by atoms with Gasteiger partial charge in [0.2, 0.25) is 6.04 Å². The normalized spacial score (nSPS) is 20.6. The lowest BCUT2D eigenvalue weighted by molar-refractivity contribution is -0.150. The number of carboxylic acid groups (broad SMARTS) is 1. The van der Waals surface area contributed by atoms with Gasteiger partial charge in [-0.2, -0.15) is 0 Å². The van der Waals surface area contributed by atoms with Gasteiger partial charge >= 0.3 is 5.97 Å². The van der Waals surface area contributed by atoms with Gasteiger partial charge in [0.15, 0.2) is 5.13 Å². The summed E-state index contributed by atoms with van der Waals surface area (Å²) in [5.41, 5.74) is 12.6. The van der Waals surface area contributed by atoms with Crippen molar-refractivity contribution in [2.45, 2.75) is 34.7 Å². The Morgan fingerprint density at radius 2 is 2.22 bits per heavy atom. The zero-order chi connectivity index (χ0) is 26.9. The van der Waals surface area contributed by atoms with Crippen molar-refractivity contribution in [3.63, 3.8) is 0 Å². The number of rotatable bonds is 10. The first-order valence-electron chi connectivity index (χ1n) is 10.6. The Hall–Kier alpha value is -2.18. The third-order valence-electron chi connectivity index (χ3n) is 5.37. The van der Waals surface area contributed by atoms with E-state index in [-0.39, 0.29) is 27.6 Å². The molecule has 17 heteroatoms. The second-order valence-electron chi connectivity index (χ2n) is 7.58.